The summed E-state index contributed by atoms with van der Waals surface area (Å²) in [5.41, 5.74) is 4.43. The maximum atomic E-state index is 11.8. The zero-order valence-corrected chi connectivity index (χ0v) is 9.99. The third kappa shape index (κ3) is 2.55. The molecule has 1 aromatic rings. The van der Waals surface area contributed by atoms with Gasteiger partial charge in [0.15, 0.2) is 0 Å². The van der Waals surface area contributed by atoms with Crippen molar-refractivity contribution in [1.29, 1.82) is 0 Å². The SMILES string of the molecule is Cc1cccc(C(=O)NN2N=CC(C)S2)c1. The summed E-state index contributed by atoms with van der Waals surface area (Å²) in [5, 5.41) is 4.35. The minimum absolute atomic E-state index is 0.137. The fourth-order valence-corrected chi connectivity index (χ4v) is 2.03. The molecule has 1 unspecified atom stereocenters. The Kier molecular flexibility index (Phi) is 3.14. The van der Waals surface area contributed by atoms with Crippen molar-refractivity contribution in [2.45, 2.75) is 19.1 Å². The summed E-state index contributed by atoms with van der Waals surface area (Å²) >= 11 is 1.47. The van der Waals surface area contributed by atoms with Crippen molar-refractivity contribution < 1.29 is 4.79 Å². The summed E-state index contributed by atoms with van der Waals surface area (Å²) in [6.07, 6.45) is 1.79. The van der Waals surface area contributed by atoms with Gasteiger partial charge >= 0.3 is 0 Å². The fourth-order valence-electron chi connectivity index (χ4n) is 1.36. The van der Waals surface area contributed by atoms with Crippen LogP contribution in [-0.2, 0) is 0 Å². The first-order valence-electron chi connectivity index (χ1n) is 5.04. The minimum Gasteiger partial charge on any atom is -0.267 e. The Balaban J connectivity index is 2.01. The molecule has 1 heterocycles. The Bertz CT molecular complexity index is 433. The van der Waals surface area contributed by atoms with Gasteiger partial charge in [-0.1, -0.05) is 17.7 Å². The largest absolute Gasteiger partial charge is 0.271 e. The molecule has 84 valence electrons. The van der Waals surface area contributed by atoms with E-state index in [-0.39, 0.29) is 5.91 Å². The first-order valence-corrected chi connectivity index (χ1v) is 5.87. The van der Waals surface area contributed by atoms with Crippen molar-refractivity contribution in [3.63, 3.8) is 0 Å². The number of carbonyl (C=O) groups is 1. The smallest absolute Gasteiger partial charge is 0.267 e. The Morgan fingerprint density at radius 2 is 2.38 bits per heavy atom. The molecule has 1 N–H and O–H groups in total. The lowest BCUT2D eigenvalue weighted by atomic mass is 10.1. The third-order valence-electron chi connectivity index (χ3n) is 2.13. The molecule has 0 bridgehead atoms. The van der Waals surface area contributed by atoms with Crippen molar-refractivity contribution in [1.82, 2.24) is 9.95 Å². The number of rotatable bonds is 2. The van der Waals surface area contributed by atoms with Crippen LogP contribution in [0.3, 0.4) is 0 Å². The van der Waals surface area contributed by atoms with Crippen LogP contribution in [0.5, 0.6) is 0 Å². The molecular weight excluding hydrogens is 222 g/mol. The van der Waals surface area contributed by atoms with E-state index in [1.807, 2.05) is 32.0 Å². The summed E-state index contributed by atoms with van der Waals surface area (Å²) < 4.78 is 1.50. The number of aryl methyl sites for hydroxylation is 1. The van der Waals surface area contributed by atoms with E-state index >= 15 is 0 Å². The molecule has 0 saturated carbocycles. The van der Waals surface area contributed by atoms with E-state index in [9.17, 15) is 4.79 Å². The molecule has 5 heteroatoms. The van der Waals surface area contributed by atoms with Gasteiger partial charge in [-0.3, -0.25) is 4.79 Å². The van der Waals surface area contributed by atoms with Gasteiger partial charge in [0.25, 0.3) is 5.91 Å². The first kappa shape index (κ1) is 11.0. The number of amides is 1. The van der Waals surface area contributed by atoms with E-state index in [2.05, 4.69) is 10.5 Å². The number of hydrazine groups is 1. The highest BCUT2D eigenvalue weighted by Gasteiger charge is 2.17. The van der Waals surface area contributed by atoms with Crippen molar-refractivity contribution in [2.24, 2.45) is 5.10 Å². The third-order valence-corrected chi connectivity index (χ3v) is 2.96. The molecule has 1 aliphatic heterocycles. The predicted octanol–water partition coefficient (Wildman–Crippen LogP) is 1.98. The molecule has 0 aliphatic carbocycles. The highest BCUT2D eigenvalue weighted by molar-refractivity contribution is 7.98. The molecule has 1 aromatic carbocycles. The van der Waals surface area contributed by atoms with E-state index in [1.54, 1.807) is 12.3 Å². The average Bonchev–Trinajstić information content (AvgIpc) is 2.64. The van der Waals surface area contributed by atoms with Crippen LogP contribution in [0.4, 0.5) is 0 Å². The van der Waals surface area contributed by atoms with Gasteiger partial charge in [-0.25, -0.2) is 5.43 Å². The number of hydrogen-bond acceptors (Lipinski definition) is 4. The average molecular weight is 235 g/mol. The minimum atomic E-state index is -0.137. The van der Waals surface area contributed by atoms with Gasteiger partial charge in [-0.05, 0) is 26.0 Å². The Morgan fingerprint density at radius 1 is 1.56 bits per heavy atom. The van der Waals surface area contributed by atoms with Crippen LogP contribution in [-0.4, -0.2) is 21.9 Å². The lowest BCUT2D eigenvalue weighted by Gasteiger charge is -2.14. The highest BCUT2D eigenvalue weighted by atomic mass is 32.2. The number of benzene rings is 1. The number of carbonyl (C=O) groups excluding carboxylic acids is 1. The van der Waals surface area contributed by atoms with Crippen LogP contribution in [0.25, 0.3) is 0 Å². The second-order valence-electron chi connectivity index (χ2n) is 3.66. The second-order valence-corrected chi connectivity index (χ2v) is 4.96. The van der Waals surface area contributed by atoms with Gasteiger partial charge < -0.3 is 0 Å². The molecule has 0 spiro atoms. The fraction of sp³-hybridized carbons (Fsp3) is 0.273. The number of nitrogens with zero attached hydrogens (tertiary/aromatic N) is 2. The summed E-state index contributed by atoms with van der Waals surface area (Å²) in [6, 6.07) is 7.47. The van der Waals surface area contributed by atoms with Crippen LogP contribution in [0.1, 0.15) is 22.8 Å². The lowest BCUT2D eigenvalue weighted by Crippen LogP contribution is -2.32. The molecule has 2 rings (SSSR count). The summed E-state index contributed by atoms with van der Waals surface area (Å²) in [7, 11) is 0. The maximum Gasteiger partial charge on any atom is 0.271 e. The van der Waals surface area contributed by atoms with E-state index in [1.165, 1.54) is 16.5 Å². The summed E-state index contributed by atoms with van der Waals surface area (Å²) in [4.78, 5) is 11.8. The quantitative estimate of drug-likeness (QED) is 0.797. The van der Waals surface area contributed by atoms with E-state index < -0.39 is 0 Å². The maximum absolute atomic E-state index is 11.8. The van der Waals surface area contributed by atoms with Gasteiger partial charge in [-0.15, -0.1) is 4.52 Å². The standard InChI is InChI=1S/C11H13N3OS/c1-8-4-3-5-10(6-8)11(15)13-14-12-7-9(2)16-14/h3-7,9H,1-2H3,(H,13,15). The van der Waals surface area contributed by atoms with Gasteiger partial charge in [0.05, 0.1) is 5.25 Å². The first-order chi connectivity index (χ1) is 7.65. The van der Waals surface area contributed by atoms with Crippen molar-refractivity contribution in [3.05, 3.63) is 35.4 Å². The highest BCUT2D eigenvalue weighted by Crippen LogP contribution is 2.19. The van der Waals surface area contributed by atoms with E-state index in [0.717, 1.165) is 5.56 Å². The van der Waals surface area contributed by atoms with Crippen LogP contribution < -0.4 is 5.43 Å². The van der Waals surface area contributed by atoms with E-state index in [0.29, 0.717) is 10.8 Å². The molecule has 16 heavy (non-hydrogen) atoms. The molecule has 1 atom stereocenters. The lowest BCUT2D eigenvalue weighted by molar-refractivity contribution is 0.0891. The van der Waals surface area contributed by atoms with Gasteiger partial charge in [0.2, 0.25) is 0 Å². The molecule has 0 aromatic heterocycles. The van der Waals surface area contributed by atoms with Gasteiger partial charge in [0, 0.05) is 23.7 Å². The Labute approximate surface area is 98.8 Å². The molecule has 0 radical (unpaired) electrons. The van der Waals surface area contributed by atoms with Crippen LogP contribution in [0.2, 0.25) is 0 Å². The predicted molar refractivity (Wildman–Crippen MR) is 66.0 cm³/mol. The van der Waals surface area contributed by atoms with E-state index in [4.69, 9.17) is 0 Å². The monoisotopic (exact) mass is 235 g/mol. The topological polar surface area (TPSA) is 44.7 Å². The summed E-state index contributed by atoms with van der Waals surface area (Å²) in [6.45, 7) is 3.98. The Hall–Kier alpha value is -1.49. The zero-order chi connectivity index (χ0) is 11.5. The normalized spacial score (nSPS) is 18.9. The molecule has 4 nitrogen and oxygen atoms in total. The van der Waals surface area contributed by atoms with Gasteiger partial charge in [-0.2, -0.15) is 5.10 Å². The molecule has 0 fully saturated rings. The van der Waals surface area contributed by atoms with Gasteiger partial charge in [0.1, 0.15) is 0 Å². The van der Waals surface area contributed by atoms with Crippen LogP contribution in [0.15, 0.2) is 29.4 Å². The van der Waals surface area contributed by atoms with Crippen molar-refractivity contribution in [3.8, 4) is 0 Å². The molecule has 1 amide bonds. The molecular formula is C11H13N3OS. The molecule has 1 aliphatic rings. The van der Waals surface area contributed by atoms with Crippen LogP contribution >= 0.6 is 11.9 Å². The Morgan fingerprint density at radius 3 is 3.00 bits per heavy atom. The number of hydrazone groups is 1. The second kappa shape index (κ2) is 4.57. The number of hydrogen-bond donors (Lipinski definition) is 1. The van der Waals surface area contributed by atoms with Crippen LogP contribution in [0, 0.1) is 6.92 Å². The number of nitrogens with one attached hydrogen (secondary N) is 1. The van der Waals surface area contributed by atoms with Crippen molar-refractivity contribution >= 4 is 24.1 Å². The summed E-state index contributed by atoms with van der Waals surface area (Å²) in [5.74, 6) is -0.137. The molecule has 0 saturated heterocycles. The zero-order valence-electron chi connectivity index (χ0n) is 9.18. The van der Waals surface area contributed by atoms with Crippen molar-refractivity contribution in [2.75, 3.05) is 0 Å².